The van der Waals surface area contributed by atoms with Crippen molar-refractivity contribution in [1.82, 2.24) is 0 Å². The standard InChI is InChI=1S/C14H14N4O/c1-11-8-9-13(10-18(11)19)14(2,16-17-15)12-6-4-3-5-7-12/h3-10H,1-2H3. The van der Waals surface area contributed by atoms with Gasteiger partial charge in [-0.05, 0) is 24.1 Å². The molecule has 1 aromatic carbocycles. The predicted octanol–water partition coefficient (Wildman–Crippen LogP) is 3.20. The molecular weight excluding hydrogens is 240 g/mol. The van der Waals surface area contributed by atoms with Crippen molar-refractivity contribution < 1.29 is 4.73 Å². The molecular formula is C14H14N4O. The van der Waals surface area contributed by atoms with Crippen molar-refractivity contribution in [2.24, 2.45) is 5.11 Å². The molecule has 1 atom stereocenters. The zero-order valence-corrected chi connectivity index (χ0v) is 10.8. The van der Waals surface area contributed by atoms with Crippen LogP contribution in [0.2, 0.25) is 0 Å². The van der Waals surface area contributed by atoms with Gasteiger partial charge in [-0.3, -0.25) is 0 Å². The van der Waals surface area contributed by atoms with Gasteiger partial charge in [-0.2, -0.15) is 4.73 Å². The van der Waals surface area contributed by atoms with E-state index in [1.807, 2.05) is 36.4 Å². The Bertz CT molecular complexity index is 635. The van der Waals surface area contributed by atoms with E-state index in [2.05, 4.69) is 10.0 Å². The van der Waals surface area contributed by atoms with Crippen molar-refractivity contribution in [3.63, 3.8) is 0 Å². The van der Waals surface area contributed by atoms with Gasteiger partial charge in [-0.25, -0.2) is 0 Å². The molecule has 2 aromatic rings. The summed E-state index contributed by atoms with van der Waals surface area (Å²) in [5.41, 5.74) is 10.0. The Labute approximate surface area is 111 Å². The molecule has 0 bridgehead atoms. The number of aryl methyl sites for hydroxylation is 1. The van der Waals surface area contributed by atoms with Crippen LogP contribution in [0.25, 0.3) is 10.4 Å². The van der Waals surface area contributed by atoms with E-state index in [9.17, 15) is 5.21 Å². The molecule has 0 N–H and O–H groups in total. The lowest BCUT2D eigenvalue weighted by atomic mass is 9.86. The Morgan fingerprint density at radius 2 is 1.84 bits per heavy atom. The van der Waals surface area contributed by atoms with Crippen LogP contribution in [0.5, 0.6) is 0 Å². The van der Waals surface area contributed by atoms with E-state index < -0.39 is 5.54 Å². The van der Waals surface area contributed by atoms with E-state index in [-0.39, 0.29) is 0 Å². The fourth-order valence-corrected chi connectivity index (χ4v) is 1.98. The zero-order valence-electron chi connectivity index (χ0n) is 10.8. The number of azide groups is 1. The predicted molar refractivity (Wildman–Crippen MR) is 72.2 cm³/mol. The molecule has 0 fully saturated rings. The lowest BCUT2D eigenvalue weighted by Crippen LogP contribution is -2.33. The molecule has 0 aliphatic carbocycles. The second-order valence-electron chi connectivity index (χ2n) is 4.51. The number of aromatic nitrogens is 1. The van der Waals surface area contributed by atoms with Gasteiger partial charge in [0.25, 0.3) is 0 Å². The molecule has 5 nitrogen and oxygen atoms in total. The molecule has 1 unspecified atom stereocenters. The molecule has 5 heteroatoms. The Hall–Kier alpha value is -2.52. The molecule has 1 heterocycles. The van der Waals surface area contributed by atoms with E-state index in [1.165, 1.54) is 6.20 Å². The van der Waals surface area contributed by atoms with Gasteiger partial charge in [0.15, 0.2) is 11.9 Å². The first-order chi connectivity index (χ1) is 9.08. The number of hydrogen-bond donors (Lipinski definition) is 0. The molecule has 0 aliphatic rings. The van der Waals surface area contributed by atoms with Crippen LogP contribution >= 0.6 is 0 Å². The average molecular weight is 254 g/mol. The van der Waals surface area contributed by atoms with Crippen LogP contribution in [0.1, 0.15) is 23.7 Å². The fraction of sp³-hybridized carbons (Fsp3) is 0.214. The fourth-order valence-electron chi connectivity index (χ4n) is 1.98. The lowest BCUT2D eigenvalue weighted by Gasteiger charge is -2.24. The summed E-state index contributed by atoms with van der Waals surface area (Å²) in [6.07, 6.45) is 1.46. The van der Waals surface area contributed by atoms with Crippen molar-refractivity contribution in [3.05, 3.63) is 81.1 Å². The molecule has 0 radical (unpaired) electrons. The van der Waals surface area contributed by atoms with Crippen molar-refractivity contribution in [2.45, 2.75) is 19.4 Å². The summed E-state index contributed by atoms with van der Waals surface area (Å²) in [4.78, 5) is 2.93. The van der Waals surface area contributed by atoms with Crippen LogP contribution in [-0.4, -0.2) is 0 Å². The summed E-state index contributed by atoms with van der Waals surface area (Å²) < 4.78 is 0.781. The second-order valence-corrected chi connectivity index (χ2v) is 4.51. The van der Waals surface area contributed by atoms with Crippen LogP contribution in [0.3, 0.4) is 0 Å². The van der Waals surface area contributed by atoms with E-state index in [0.29, 0.717) is 11.3 Å². The number of pyridine rings is 1. The van der Waals surface area contributed by atoms with Crippen LogP contribution in [0, 0.1) is 12.1 Å². The molecule has 0 saturated heterocycles. The number of benzene rings is 1. The summed E-state index contributed by atoms with van der Waals surface area (Å²) in [5.74, 6) is 0. The van der Waals surface area contributed by atoms with E-state index >= 15 is 0 Å². The summed E-state index contributed by atoms with van der Waals surface area (Å²) >= 11 is 0. The summed E-state index contributed by atoms with van der Waals surface area (Å²) in [6.45, 7) is 3.52. The normalized spacial score (nSPS) is 13.4. The number of hydrogen-bond acceptors (Lipinski definition) is 2. The van der Waals surface area contributed by atoms with Crippen LogP contribution in [-0.2, 0) is 5.54 Å². The quantitative estimate of drug-likeness (QED) is 0.272. The van der Waals surface area contributed by atoms with Crippen LogP contribution in [0.15, 0.2) is 53.8 Å². The molecule has 19 heavy (non-hydrogen) atoms. The molecule has 0 saturated carbocycles. The Kier molecular flexibility index (Phi) is 3.40. The van der Waals surface area contributed by atoms with Crippen LogP contribution < -0.4 is 4.73 Å². The Morgan fingerprint density at radius 3 is 2.42 bits per heavy atom. The molecule has 0 amide bonds. The van der Waals surface area contributed by atoms with Gasteiger partial charge in [0.2, 0.25) is 0 Å². The smallest absolute Gasteiger partial charge is 0.189 e. The molecule has 0 spiro atoms. The first kappa shape index (κ1) is 12.9. The lowest BCUT2D eigenvalue weighted by molar-refractivity contribution is -0.612. The maximum Gasteiger partial charge on any atom is 0.189 e. The average Bonchev–Trinajstić information content (AvgIpc) is 2.43. The van der Waals surface area contributed by atoms with Gasteiger partial charge in [0.1, 0.15) is 5.54 Å². The molecule has 0 aliphatic heterocycles. The largest absolute Gasteiger partial charge is 0.619 e. The van der Waals surface area contributed by atoms with Crippen molar-refractivity contribution in [3.8, 4) is 0 Å². The molecule has 96 valence electrons. The van der Waals surface area contributed by atoms with E-state index in [0.717, 1.165) is 10.3 Å². The van der Waals surface area contributed by atoms with Crippen molar-refractivity contribution in [1.29, 1.82) is 0 Å². The summed E-state index contributed by atoms with van der Waals surface area (Å²) in [6, 6.07) is 12.9. The van der Waals surface area contributed by atoms with Gasteiger partial charge in [-0.1, -0.05) is 35.4 Å². The van der Waals surface area contributed by atoms with Crippen molar-refractivity contribution >= 4 is 0 Å². The molecule has 2 rings (SSSR count). The highest BCUT2D eigenvalue weighted by atomic mass is 16.5. The van der Waals surface area contributed by atoms with Crippen molar-refractivity contribution in [2.75, 3.05) is 0 Å². The zero-order chi connectivity index (χ0) is 13.9. The van der Waals surface area contributed by atoms with E-state index in [1.54, 1.807) is 19.9 Å². The monoisotopic (exact) mass is 254 g/mol. The first-order valence-corrected chi connectivity index (χ1v) is 5.90. The van der Waals surface area contributed by atoms with Gasteiger partial charge in [-0.15, -0.1) is 0 Å². The SMILES string of the molecule is Cc1ccc(C(C)(N=[N+]=[N-])c2ccccc2)c[n+]1[O-]. The minimum absolute atomic E-state index is 0.597. The highest BCUT2D eigenvalue weighted by Gasteiger charge is 2.29. The minimum atomic E-state index is -0.893. The van der Waals surface area contributed by atoms with Gasteiger partial charge >= 0.3 is 0 Å². The third-order valence-corrected chi connectivity index (χ3v) is 3.25. The number of nitrogens with zero attached hydrogens (tertiary/aromatic N) is 4. The van der Waals surface area contributed by atoms with Gasteiger partial charge in [0.05, 0.1) is 0 Å². The van der Waals surface area contributed by atoms with Crippen LogP contribution in [0.4, 0.5) is 0 Å². The Balaban J connectivity index is 2.63. The second kappa shape index (κ2) is 5.00. The Morgan fingerprint density at radius 1 is 1.16 bits per heavy atom. The summed E-state index contributed by atoms with van der Waals surface area (Å²) in [5, 5.41) is 15.6. The first-order valence-electron chi connectivity index (χ1n) is 5.90. The van der Waals surface area contributed by atoms with E-state index in [4.69, 9.17) is 5.53 Å². The third kappa shape index (κ3) is 2.37. The maximum atomic E-state index is 11.7. The van der Waals surface area contributed by atoms with Gasteiger partial charge < -0.3 is 5.21 Å². The number of rotatable bonds is 3. The maximum absolute atomic E-state index is 11.7. The highest BCUT2D eigenvalue weighted by molar-refractivity contribution is 5.35. The third-order valence-electron chi connectivity index (χ3n) is 3.25. The highest BCUT2D eigenvalue weighted by Crippen LogP contribution is 2.32. The van der Waals surface area contributed by atoms with Gasteiger partial charge in [0, 0.05) is 23.5 Å². The molecule has 1 aromatic heterocycles. The topological polar surface area (TPSA) is 75.7 Å². The minimum Gasteiger partial charge on any atom is -0.619 e. The summed E-state index contributed by atoms with van der Waals surface area (Å²) in [7, 11) is 0.